The van der Waals surface area contributed by atoms with Crippen molar-refractivity contribution in [1.82, 2.24) is 4.98 Å². The van der Waals surface area contributed by atoms with Gasteiger partial charge >= 0.3 is 0 Å². The minimum Gasteiger partial charge on any atom is -0.320 e. The van der Waals surface area contributed by atoms with Gasteiger partial charge in [0.25, 0.3) is 0 Å². The lowest BCUT2D eigenvalue weighted by atomic mass is 10.00. The van der Waals surface area contributed by atoms with Crippen molar-refractivity contribution < 1.29 is 8.78 Å². The molecule has 0 radical (unpaired) electrons. The molecule has 5 heteroatoms. The molecule has 2 nitrogen and oxygen atoms in total. The zero-order chi connectivity index (χ0) is 12.4. The molecular weight excluding hydrogens is 290 g/mol. The maximum absolute atomic E-state index is 13.8. The van der Waals surface area contributed by atoms with Crippen LogP contribution in [0.3, 0.4) is 0 Å². The fourth-order valence-electron chi connectivity index (χ4n) is 1.55. The molecule has 0 fully saturated rings. The molecule has 1 atom stereocenters. The van der Waals surface area contributed by atoms with E-state index in [1.54, 1.807) is 18.3 Å². The van der Waals surface area contributed by atoms with Crippen LogP contribution in [0.1, 0.15) is 17.2 Å². The Morgan fingerprint density at radius 3 is 2.65 bits per heavy atom. The number of pyridine rings is 1. The molecule has 1 heterocycles. The summed E-state index contributed by atoms with van der Waals surface area (Å²) in [6.45, 7) is 0. The van der Waals surface area contributed by atoms with Crippen LogP contribution in [0.25, 0.3) is 0 Å². The van der Waals surface area contributed by atoms with Gasteiger partial charge in [-0.05, 0) is 39.7 Å². The highest BCUT2D eigenvalue weighted by Crippen LogP contribution is 2.28. The van der Waals surface area contributed by atoms with E-state index in [-0.39, 0.29) is 10.0 Å². The zero-order valence-electron chi connectivity index (χ0n) is 8.70. The van der Waals surface area contributed by atoms with E-state index in [9.17, 15) is 8.78 Å². The molecule has 1 aromatic carbocycles. The van der Waals surface area contributed by atoms with Crippen molar-refractivity contribution >= 4 is 15.9 Å². The largest absolute Gasteiger partial charge is 0.320 e. The predicted octanol–water partition coefficient (Wildman–Crippen LogP) is 3.17. The number of hydrogen-bond donors (Lipinski definition) is 1. The van der Waals surface area contributed by atoms with Gasteiger partial charge < -0.3 is 5.73 Å². The zero-order valence-corrected chi connectivity index (χ0v) is 10.3. The van der Waals surface area contributed by atoms with Crippen molar-refractivity contribution in [1.29, 1.82) is 0 Å². The highest BCUT2D eigenvalue weighted by Gasteiger charge is 2.20. The van der Waals surface area contributed by atoms with Crippen LogP contribution in [0.2, 0.25) is 0 Å². The van der Waals surface area contributed by atoms with E-state index >= 15 is 0 Å². The van der Waals surface area contributed by atoms with Crippen LogP contribution in [0.4, 0.5) is 8.78 Å². The van der Waals surface area contributed by atoms with Gasteiger partial charge in [0.1, 0.15) is 11.6 Å². The van der Waals surface area contributed by atoms with E-state index in [0.29, 0.717) is 5.56 Å². The molecule has 0 aliphatic rings. The van der Waals surface area contributed by atoms with Gasteiger partial charge in [-0.3, -0.25) is 4.98 Å². The minimum absolute atomic E-state index is 0.160. The van der Waals surface area contributed by atoms with E-state index in [4.69, 9.17) is 5.73 Å². The van der Waals surface area contributed by atoms with E-state index in [2.05, 4.69) is 20.9 Å². The highest BCUT2D eigenvalue weighted by atomic mass is 79.9. The molecule has 0 spiro atoms. The molecule has 1 unspecified atom stereocenters. The molecule has 1 aromatic heterocycles. The smallest absolute Gasteiger partial charge is 0.145 e. The number of rotatable bonds is 2. The molecule has 2 N–H and O–H groups in total. The van der Waals surface area contributed by atoms with Crippen LogP contribution in [0.5, 0.6) is 0 Å². The maximum atomic E-state index is 13.8. The summed E-state index contributed by atoms with van der Waals surface area (Å²) < 4.78 is 27.6. The number of aromatic nitrogens is 1. The SMILES string of the molecule is NC(c1cccnc1)c1c(F)ccc(Br)c1F. The normalized spacial score (nSPS) is 12.5. The molecule has 17 heavy (non-hydrogen) atoms. The minimum atomic E-state index is -0.874. The van der Waals surface area contributed by atoms with Crippen LogP contribution >= 0.6 is 15.9 Å². The van der Waals surface area contributed by atoms with Crippen molar-refractivity contribution in [2.24, 2.45) is 5.73 Å². The fourth-order valence-corrected chi connectivity index (χ4v) is 1.90. The van der Waals surface area contributed by atoms with E-state index in [1.807, 2.05) is 0 Å². The Morgan fingerprint density at radius 2 is 2.00 bits per heavy atom. The van der Waals surface area contributed by atoms with Crippen molar-refractivity contribution in [3.05, 3.63) is 63.9 Å². The van der Waals surface area contributed by atoms with Gasteiger partial charge in [0, 0.05) is 18.0 Å². The Kier molecular flexibility index (Phi) is 3.49. The van der Waals surface area contributed by atoms with E-state index in [0.717, 1.165) is 0 Å². The Labute approximate surface area is 106 Å². The van der Waals surface area contributed by atoms with Gasteiger partial charge in [-0.15, -0.1) is 0 Å². The molecule has 0 aliphatic carbocycles. The van der Waals surface area contributed by atoms with Crippen LogP contribution in [0, 0.1) is 11.6 Å². The third-order valence-corrected chi connectivity index (χ3v) is 3.05. The van der Waals surface area contributed by atoms with E-state index in [1.165, 1.54) is 18.3 Å². The summed E-state index contributed by atoms with van der Waals surface area (Å²) >= 11 is 3.01. The lowest BCUT2D eigenvalue weighted by Crippen LogP contribution is -2.16. The van der Waals surface area contributed by atoms with Gasteiger partial charge in [-0.2, -0.15) is 0 Å². The molecule has 2 rings (SSSR count). The molecule has 88 valence electrons. The summed E-state index contributed by atoms with van der Waals surface area (Å²) in [5, 5.41) is 0. The van der Waals surface area contributed by atoms with Crippen LogP contribution in [-0.2, 0) is 0 Å². The molecule has 0 aliphatic heterocycles. The summed E-state index contributed by atoms with van der Waals surface area (Å²) in [6, 6.07) is 4.96. The van der Waals surface area contributed by atoms with Crippen LogP contribution in [0.15, 0.2) is 41.1 Å². The van der Waals surface area contributed by atoms with Crippen molar-refractivity contribution in [2.75, 3.05) is 0 Å². The quantitative estimate of drug-likeness (QED) is 0.865. The topological polar surface area (TPSA) is 38.9 Å². The summed E-state index contributed by atoms with van der Waals surface area (Å²) in [4.78, 5) is 3.88. The molecule has 0 amide bonds. The average Bonchev–Trinajstić information content (AvgIpc) is 2.35. The molecule has 0 bridgehead atoms. The number of halogens is 3. The lowest BCUT2D eigenvalue weighted by molar-refractivity contribution is 0.539. The molecule has 2 aromatic rings. The summed E-state index contributed by atoms with van der Waals surface area (Å²) in [5.41, 5.74) is 6.24. The second kappa shape index (κ2) is 4.89. The number of nitrogens with zero attached hydrogens (tertiary/aromatic N) is 1. The Bertz CT molecular complexity index is 532. The third kappa shape index (κ3) is 2.35. The van der Waals surface area contributed by atoms with Gasteiger partial charge in [0.15, 0.2) is 0 Å². The average molecular weight is 299 g/mol. The predicted molar refractivity (Wildman–Crippen MR) is 64.3 cm³/mol. The van der Waals surface area contributed by atoms with Crippen LogP contribution < -0.4 is 5.73 Å². The Hall–Kier alpha value is -1.33. The van der Waals surface area contributed by atoms with Crippen molar-refractivity contribution in [3.63, 3.8) is 0 Å². The maximum Gasteiger partial charge on any atom is 0.145 e. The molecular formula is C12H9BrF2N2. The van der Waals surface area contributed by atoms with Gasteiger partial charge in [-0.1, -0.05) is 6.07 Å². The standard InChI is InChI=1S/C12H9BrF2N2/c13-8-3-4-9(14)10(11(8)15)12(16)7-2-1-5-17-6-7/h1-6,12H,16H2. The fraction of sp³-hybridized carbons (Fsp3) is 0.0833. The lowest BCUT2D eigenvalue weighted by Gasteiger charge is -2.14. The second-order valence-electron chi connectivity index (χ2n) is 3.52. The first kappa shape index (κ1) is 12.1. The second-order valence-corrected chi connectivity index (χ2v) is 4.38. The van der Waals surface area contributed by atoms with Crippen molar-refractivity contribution in [2.45, 2.75) is 6.04 Å². The Morgan fingerprint density at radius 1 is 1.24 bits per heavy atom. The Balaban J connectivity index is 2.51. The van der Waals surface area contributed by atoms with Crippen molar-refractivity contribution in [3.8, 4) is 0 Å². The van der Waals surface area contributed by atoms with E-state index < -0.39 is 17.7 Å². The number of benzene rings is 1. The molecule has 0 saturated carbocycles. The first-order valence-corrected chi connectivity index (χ1v) is 5.69. The third-order valence-electron chi connectivity index (χ3n) is 2.43. The highest BCUT2D eigenvalue weighted by molar-refractivity contribution is 9.10. The monoisotopic (exact) mass is 298 g/mol. The van der Waals surface area contributed by atoms with Gasteiger partial charge in [-0.25, -0.2) is 8.78 Å². The van der Waals surface area contributed by atoms with Gasteiger partial charge in [0.05, 0.1) is 10.5 Å². The first-order valence-electron chi connectivity index (χ1n) is 4.90. The number of nitrogens with two attached hydrogens (primary N) is 1. The van der Waals surface area contributed by atoms with Crippen LogP contribution in [-0.4, -0.2) is 4.98 Å². The number of hydrogen-bond acceptors (Lipinski definition) is 2. The first-order chi connectivity index (χ1) is 8.11. The molecule has 0 saturated heterocycles. The van der Waals surface area contributed by atoms with Gasteiger partial charge in [0.2, 0.25) is 0 Å². The summed E-state index contributed by atoms with van der Waals surface area (Å²) in [6.07, 6.45) is 3.06. The summed E-state index contributed by atoms with van der Waals surface area (Å²) in [5.74, 6) is -1.34. The summed E-state index contributed by atoms with van der Waals surface area (Å²) in [7, 11) is 0.